The SMILES string of the molecule is C=CCC(NC(=O)OCc1ccccc1)(C(F)(F)F)P(=O)(OCC)OCC. The van der Waals surface area contributed by atoms with Gasteiger partial charge in [0.15, 0.2) is 0 Å². The number of halogens is 3. The highest BCUT2D eigenvalue weighted by Gasteiger charge is 2.68. The van der Waals surface area contributed by atoms with E-state index >= 15 is 0 Å². The van der Waals surface area contributed by atoms with Crippen molar-refractivity contribution in [2.75, 3.05) is 13.2 Å². The van der Waals surface area contributed by atoms with Crippen LogP contribution in [0, 0.1) is 0 Å². The summed E-state index contributed by atoms with van der Waals surface area (Å²) in [6.45, 7) is 5.12. The Kier molecular flexibility index (Phi) is 8.53. The second-order valence-corrected chi connectivity index (χ2v) is 7.65. The van der Waals surface area contributed by atoms with Gasteiger partial charge in [0.2, 0.25) is 5.28 Å². The lowest BCUT2D eigenvalue weighted by molar-refractivity contribution is -0.174. The van der Waals surface area contributed by atoms with Crippen LogP contribution in [0.5, 0.6) is 0 Å². The third-order valence-electron chi connectivity index (χ3n) is 3.50. The number of amides is 1. The quantitative estimate of drug-likeness (QED) is 0.434. The third kappa shape index (κ3) is 5.57. The molecule has 1 unspecified atom stereocenters. The number of benzene rings is 1. The first-order valence-electron chi connectivity index (χ1n) is 8.21. The van der Waals surface area contributed by atoms with Crippen molar-refractivity contribution in [2.45, 2.75) is 38.3 Å². The molecule has 1 rings (SSSR count). The molecule has 0 heterocycles. The maximum atomic E-state index is 14.0. The molecule has 0 aliphatic heterocycles. The summed E-state index contributed by atoms with van der Waals surface area (Å²) in [5, 5.41) is -1.64. The number of hydrogen-bond acceptors (Lipinski definition) is 5. The van der Waals surface area contributed by atoms with Crippen molar-refractivity contribution in [3.63, 3.8) is 0 Å². The van der Waals surface area contributed by atoms with E-state index in [1.165, 1.54) is 13.8 Å². The summed E-state index contributed by atoms with van der Waals surface area (Å²) < 4.78 is 69.5. The number of nitrogens with one attached hydrogen (secondary N) is 1. The van der Waals surface area contributed by atoms with Crippen LogP contribution in [-0.4, -0.2) is 30.8 Å². The zero-order chi connectivity index (χ0) is 20.6. The fourth-order valence-corrected chi connectivity index (χ4v) is 4.39. The van der Waals surface area contributed by atoms with E-state index in [9.17, 15) is 22.5 Å². The van der Waals surface area contributed by atoms with Crippen LogP contribution in [0.2, 0.25) is 0 Å². The molecule has 1 amide bonds. The maximum Gasteiger partial charge on any atom is 0.423 e. The molecular weight excluding hydrogens is 386 g/mol. The molecule has 0 aliphatic carbocycles. The minimum atomic E-state index is -5.16. The Hall–Kier alpha value is -1.83. The molecule has 1 aromatic carbocycles. The molecule has 1 N–H and O–H groups in total. The number of carbonyl (C=O) groups is 1. The van der Waals surface area contributed by atoms with Gasteiger partial charge in [-0.05, 0) is 19.4 Å². The van der Waals surface area contributed by atoms with E-state index in [4.69, 9.17) is 13.8 Å². The standard InChI is InChI=1S/C17H23F3NO5P/c1-4-12-16(17(18,19)20,27(23,25-5-2)26-6-3)21-15(22)24-13-14-10-8-7-9-11-14/h4,7-11H,1,5-6,12-13H2,2-3H3,(H,21,22). The van der Waals surface area contributed by atoms with Crippen LogP contribution in [0.3, 0.4) is 0 Å². The van der Waals surface area contributed by atoms with Gasteiger partial charge in [0.05, 0.1) is 13.2 Å². The van der Waals surface area contributed by atoms with E-state index < -0.39 is 31.6 Å². The highest BCUT2D eigenvalue weighted by molar-refractivity contribution is 7.55. The molecule has 0 spiro atoms. The van der Waals surface area contributed by atoms with Gasteiger partial charge >= 0.3 is 19.9 Å². The van der Waals surface area contributed by atoms with E-state index in [0.29, 0.717) is 5.56 Å². The Morgan fingerprint density at radius 2 is 1.74 bits per heavy atom. The summed E-state index contributed by atoms with van der Waals surface area (Å²) in [6, 6.07) is 8.39. The van der Waals surface area contributed by atoms with E-state index in [0.717, 1.165) is 6.08 Å². The number of rotatable bonds is 10. The number of alkyl halides is 3. The molecule has 0 saturated carbocycles. The zero-order valence-electron chi connectivity index (χ0n) is 15.1. The van der Waals surface area contributed by atoms with E-state index in [1.54, 1.807) is 35.6 Å². The average molecular weight is 409 g/mol. The number of alkyl carbamates (subject to hydrolysis) is 1. The Balaban J connectivity index is 3.18. The molecule has 1 aromatic rings. The Morgan fingerprint density at radius 1 is 1.19 bits per heavy atom. The van der Waals surface area contributed by atoms with Crippen LogP contribution < -0.4 is 5.32 Å². The molecule has 0 saturated heterocycles. The van der Waals surface area contributed by atoms with Gasteiger partial charge in [-0.3, -0.25) is 9.88 Å². The Bertz CT molecular complexity index is 658. The van der Waals surface area contributed by atoms with Crippen molar-refractivity contribution in [2.24, 2.45) is 0 Å². The summed E-state index contributed by atoms with van der Waals surface area (Å²) in [7, 11) is -4.86. The van der Waals surface area contributed by atoms with Crippen LogP contribution in [0.4, 0.5) is 18.0 Å². The van der Waals surface area contributed by atoms with Gasteiger partial charge in [0.1, 0.15) is 6.61 Å². The molecule has 0 fully saturated rings. The first-order valence-corrected chi connectivity index (χ1v) is 9.75. The molecule has 6 nitrogen and oxygen atoms in total. The highest BCUT2D eigenvalue weighted by atomic mass is 31.2. The Labute approximate surface area is 156 Å². The van der Waals surface area contributed by atoms with Crippen molar-refractivity contribution in [1.29, 1.82) is 0 Å². The smallest absolute Gasteiger partial charge is 0.423 e. The zero-order valence-corrected chi connectivity index (χ0v) is 16.0. The topological polar surface area (TPSA) is 73.9 Å². The molecule has 152 valence electrons. The summed E-state index contributed by atoms with van der Waals surface area (Å²) in [5.74, 6) is 0. The molecule has 27 heavy (non-hydrogen) atoms. The second kappa shape index (κ2) is 9.92. The molecule has 0 aromatic heterocycles. The van der Waals surface area contributed by atoms with Gasteiger partial charge < -0.3 is 13.8 Å². The van der Waals surface area contributed by atoms with Crippen LogP contribution in [0.25, 0.3) is 0 Å². The van der Waals surface area contributed by atoms with Crippen molar-refractivity contribution >= 4 is 13.7 Å². The largest absolute Gasteiger partial charge is 0.445 e. The van der Waals surface area contributed by atoms with Gasteiger partial charge in [-0.2, -0.15) is 13.2 Å². The summed E-state index contributed by atoms with van der Waals surface area (Å²) in [5.41, 5.74) is 0.576. The van der Waals surface area contributed by atoms with Crippen LogP contribution in [-0.2, 0) is 25.0 Å². The fraction of sp³-hybridized carbons (Fsp3) is 0.471. The maximum absolute atomic E-state index is 14.0. The van der Waals surface area contributed by atoms with Gasteiger partial charge in [-0.25, -0.2) is 4.79 Å². The molecule has 0 bridgehead atoms. The predicted molar refractivity (Wildman–Crippen MR) is 94.2 cm³/mol. The van der Waals surface area contributed by atoms with Crippen molar-refractivity contribution in [3.8, 4) is 0 Å². The van der Waals surface area contributed by atoms with Gasteiger partial charge in [0.25, 0.3) is 0 Å². The predicted octanol–water partition coefficient (Wildman–Crippen LogP) is 5.01. The van der Waals surface area contributed by atoms with Gasteiger partial charge in [-0.1, -0.05) is 36.4 Å². The highest BCUT2D eigenvalue weighted by Crippen LogP contribution is 2.65. The van der Waals surface area contributed by atoms with Gasteiger partial charge in [0, 0.05) is 6.42 Å². The average Bonchev–Trinajstić information content (AvgIpc) is 2.60. The summed E-state index contributed by atoms with van der Waals surface area (Å²) >= 11 is 0. The fourth-order valence-electron chi connectivity index (χ4n) is 2.31. The van der Waals surface area contributed by atoms with Gasteiger partial charge in [-0.15, -0.1) is 6.58 Å². The van der Waals surface area contributed by atoms with Crippen molar-refractivity contribution in [1.82, 2.24) is 5.32 Å². The van der Waals surface area contributed by atoms with Crippen LogP contribution >= 0.6 is 7.60 Å². The lowest BCUT2D eigenvalue weighted by atomic mass is 10.2. The van der Waals surface area contributed by atoms with Crippen LogP contribution in [0.15, 0.2) is 43.0 Å². The summed E-state index contributed by atoms with van der Waals surface area (Å²) in [6.07, 6.45) is -6.60. The third-order valence-corrected chi connectivity index (χ3v) is 6.18. The lowest BCUT2D eigenvalue weighted by Crippen LogP contribution is -2.58. The minimum Gasteiger partial charge on any atom is -0.445 e. The molecular formula is C17H23F3NO5P. The monoisotopic (exact) mass is 409 g/mol. The van der Waals surface area contributed by atoms with Crippen molar-refractivity contribution in [3.05, 3.63) is 48.6 Å². The van der Waals surface area contributed by atoms with E-state index in [1.807, 2.05) is 0 Å². The summed E-state index contributed by atoms with van der Waals surface area (Å²) in [4.78, 5) is 12.1. The van der Waals surface area contributed by atoms with Crippen LogP contribution in [0.1, 0.15) is 25.8 Å². The van der Waals surface area contributed by atoms with Crippen molar-refractivity contribution < 1.29 is 36.3 Å². The first-order chi connectivity index (χ1) is 12.7. The minimum absolute atomic E-state index is 0.262. The molecule has 0 aliphatic rings. The van der Waals surface area contributed by atoms with E-state index in [-0.39, 0.29) is 19.8 Å². The lowest BCUT2D eigenvalue weighted by Gasteiger charge is -2.39. The molecule has 1 atom stereocenters. The number of ether oxygens (including phenoxy) is 1. The normalized spacial score (nSPS) is 14.3. The molecule has 0 radical (unpaired) electrons. The number of hydrogen-bond donors (Lipinski definition) is 1. The number of carbonyl (C=O) groups excluding carboxylic acids is 1. The Morgan fingerprint density at radius 3 is 2.19 bits per heavy atom. The second-order valence-electron chi connectivity index (χ2n) is 5.37. The first kappa shape index (κ1) is 23.2. The van der Waals surface area contributed by atoms with E-state index in [2.05, 4.69) is 6.58 Å². The molecule has 10 heteroatoms.